The Morgan fingerprint density at radius 2 is 1.76 bits per heavy atom. The standard InChI is InChI=1S/C29H24N8O/c38-29(17-5-1-2-6-17)32-20-13-19(15-31-16-20)22-10-11-24-26(33-22)27(37-36-24)28-34-23-9-3-8-21(25(23)35-28)18-7-4-12-30-14-18/h3-4,7-17H,1-2,5-6H2,(H,32,38)(H,34,35)(H,36,37). The molecule has 1 amide bonds. The number of nitrogens with one attached hydrogen (secondary N) is 3. The lowest BCUT2D eigenvalue weighted by molar-refractivity contribution is -0.119. The lowest BCUT2D eigenvalue weighted by Gasteiger charge is -2.11. The highest BCUT2D eigenvalue weighted by atomic mass is 16.1. The molecule has 1 aliphatic carbocycles. The zero-order valence-electron chi connectivity index (χ0n) is 20.5. The molecule has 7 rings (SSSR count). The Kier molecular flexibility index (Phi) is 5.39. The molecule has 5 heterocycles. The highest BCUT2D eigenvalue weighted by Gasteiger charge is 2.23. The monoisotopic (exact) mass is 500 g/mol. The van der Waals surface area contributed by atoms with Crippen LogP contribution in [0.1, 0.15) is 25.7 Å². The van der Waals surface area contributed by atoms with Crippen molar-refractivity contribution in [3.05, 3.63) is 73.3 Å². The molecule has 5 aromatic heterocycles. The molecule has 0 bridgehead atoms. The molecule has 1 aromatic carbocycles. The Balaban J connectivity index is 1.25. The van der Waals surface area contributed by atoms with E-state index < -0.39 is 0 Å². The second-order valence-electron chi connectivity index (χ2n) is 9.63. The number of anilines is 1. The van der Waals surface area contributed by atoms with E-state index in [-0.39, 0.29) is 11.8 Å². The largest absolute Gasteiger partial charge is 0.336 e. The minimum atomic E-state index is 0.0671. The number of H-pyrrole nitrogens is 2. The Hall–Kier alpha value is -4.92. The minimum Gasteiger partial charge on any atom is -0.336 e. The van der Waals surface area contributed by atoms with Gasteiger partial charge in [-0.2, -0.15) is 5.10 Å². The first kappa shape index (κ1) is 22.3. The number of carbonyl (C=O) groups excluding carboxylic acids is 1. The van der Waals surface area contributed by atoms with Gasteiger partial charge in [-0.3, -0.25) is 19.9 Å². The second kappa shape index (κ2) is 9.19. The Morgan fingerprint density at radius 3 is 2.63 bits per heavy atom. The van der Waals surface area contributed by atoms with Crippen LogP contribution in [0.4, 0.5) is 5.69 Å². The fourth-order valence-electron chi connectivity index (χ4n) is 5.20. The lowest BCUT2D eigenvalue weighted by Crippen LogP contribution is -2.20. The molecule has 6 aromatic rings. The van der Waals surface area contributed by atoms with E-state index in [4.69, 9.17) is 9.97 Å². The predicted molar refractivity (Wildman–Crippen MR) is 146 cm³/mol. The normalized spacial score (nSPS) is 13.9. The fraction of sp³-hybridized carbons (Fsp3) is 0.172. The van der Waals surface area contributed by atoms with Crippen molar-refractivity contribution in [2.24, 2.45) is 5.92 Å². The maximum atomic E-state index is 12.6. The van der Waals surface area contributed by atoms with E-state index in [9.17, 15) is 4.79 Å². The minimum absolute atomic E-state index is 0.0671. The lowest BCUT2D eigenvalue weighted by atomic mass is 10.1. The summed E-state index contributed by atoms with van der Waals surface area (Å²) >= 11 is 0. The number of para-hydroxylation sites is 1. The molecule has 0 aliphatic heterocycles. The topological polar surface area (TPSA) is 125 Å². The second-order valence-corrected chi connectivity index (χ2v) is 9.63. The molecule has 9 heteroatoms. The number of nitrogens with zero attached hydrogens (tertiary/aromatic N) is 5. The van der Waals surface area contributed by atoms with E-state index in [1.807, 2.05) is 54.7 Å². The third-order valence-electron chi connectivity index (χ3n) is 7.14. The predicted octanol–water partition coefficient (Wildman–Crippen LogP) is 5.75. The molecule has 9 nitrogen and oxygen atoms in total. The van der Waals surface area contributed by atoms with E-state index in [2.05, 4.69) is 30.5 Å². The molecule has 0 saturated heterocycles. The number of aromatic amines is 2. The Labute approximate surface area is 217 Å². The summed E-state index contributed by atoms with van der Waals surface area (Å²) < 4.78 is 0. The van der Waals surface area contributed by atoms with Crippen molar-refractivity contribution in [3.63, 3.8) is 0 Å². The average molecular weight is 501 g/mol. The average Bonchev–Trinajstić information content (AvgIpc) is 3.73. The molecule has 1 fully saturated rings. The van der Waals surface area contributed by atoms with Crippen molar-refractivity contribution < 1.29 is 4.79 Å². The van der Waals surface area contributed by atoms with E-state index in [0.29, 0.717) is 22.7 Å². The third-order valence-corrected chi connectivity index (χ3v) is 7.14. The maximum Gasteiger partial charge on any atom is 0.227 e. The number of aromatic nitrogens is 7. The number of imidazole rings is 1. The smallest absolute Gasteiger partial charge is 0.227 e. The van der Waals surface area contributed by atoms with Crippen LogP contribution in [0.15, 0.2) is 73.3 Å². The van der Waals surface area contributed by atoms with Gasteiger partial charge in [-0.15, -0.1) is 0 Å². The van der Waals surface area contributed by atoms with Crippen LogP contribution in [0.3, 0.4) is 0 Å². The highest BCUT2D eigenvalue weighted by molar-refractivity contribution is 5.96. The number of carbonyl (C=O) groups is 1. The van der Waals surface area contributed by atoms with Gasteiger partial charge >= 0.3 is 0 Å². The van der Waals surface area contributed by atoms with Gasteiger partial charge in [0.15, 0.2) is 11.5 Å². The third kappa shape index (κ3) is 3.98. The Morgan fingerprint density at radius 1 is 0.868 bits per heavy atom. The summed E-state index contributed by atoms with van der Waals surface area (Å²) in [5, 5.41) is 10.6. The van der Waals surface area contributed by atoms with Crippen molar-refractivity contribution in [2.45, 2.75) is 25.7 Å². The van der Waals surface area contributed by atoms with Gasteiger partial charge in [0, 0.05) is 41.2 Å². The van der Waals surface area contributed by atoms with Crippen LogP contribution in [0.2, 0.25) is 0 Å². The summed E-state index contributed by atoms with van der Waals surface area (Å²) in [5.41, 5.74) is 8.10. The quantitative estimate of drug-likeness (QED) is 0.277. The molecule has 38 heavy (non-hydrogen) atoms. The number of benzene rings is 1. The van der Waals surface area contributed by atoms with Crippen LogP contribution in [0.25, 0.3) is 56.0 Å². The first-order valence-electron chi connectivity index (χ1n) is 12.7. The van der Waals surface area contributed by atoms with Gasteiger partial charge < -0.3 is 10.3 Å². The molecule has 3 N–H and O–H groups in total. The highest BCUT2D eigenvalue weighted by Crippen LogP contribution is 2.32. The number of rotatable bonds is 5. The molecule has 1 saturated carbocycles. The first-order chi connectivity index (χ1) is 18.7. The summed E-state index contributed by atoms with van der Waals surface area (Å²) in [5.74, 6) is 0.782. The van der Waals surface area contributed by atoms with E-state index in [1.165, 1.54) is 0 Å². The number of fused-ring (bicyclic) bond motifs is 2. The van der Waals surface area contributed by atoms with Gasteiger partial charge in [-0.05, 0) is 43.2 Å². The summed E-state index contributed by atoms with van der Waals surface area (Å²) in [6, 6.07) is 15.7. The number of pyridine rings is 3. The number of amides is 1. The van der Waals surface area contributed by atoms with Gasteiger partial charge in [-0.25, -0.2) is 9.97 Å². The molecule has 0 unspecified atom stereocenters. The zero-order chi connectivity index (χ0) is 25.5. The molecule has 0 spiro atoms. The molecule has 186 valence electrons. The van der Waals surface area contributed by atoms with Crippen molar-refractivity contribution >= 4 is 33.7 Å². The molecular weight excluding hydrogens is 476 g/mol. The molecule has 0 atom stereocenters. The van der Waals surface area contributed by atoms with Crippen LogP contribution in [-0.2, 0) is 4.79 Å². The first-order valence-corrected chi connectivity index (χ1v) is 12.7. The number of hydrogen-bond acceptors (Lipinski definition) is 6. The van der Waals surface area contributed by atoms with Gasteiger partial charge in [0.05, 0.1) is 34.1 Å². The van der Waals surface area contributed by atoms with E-state index in [1.54, 1.807) is 18.6 Å². The molecular formula is C29H24N8O. The van der Waals surface area contributed by atoms with Crippen LogP contribution >= 0.6 is 0 Å². The zero-order valence-corrected chi connectivity index (χ0v) is 20.5. The molecule has 0 radical (unpaired) electrons. The summed E-state index contributed by atoms with van der Waals surface area (Å²) in [6.07, 6.45) is 11.1. The summed E-state index contributed by atoms with van der Waals surface area (Å²) in [7, 11) is 0. The van der Waals surface area contributed by atoms with Crippen molar-refractivity contribution in [1.82, 2.24) is 35.1 Å². The van der Waals surface area contributed by atoms with Crippen LogP contribution in [0, 0.1) is 5.92 Å². The van der Waals surface area contributed by atoms with Gasteiger partial charge in [-0.1, -0.05) is 31.0 Å². The van der Waals surface area contributed by atoms with E-state index >= 15 is 0 Å². The van der Waals surface area contributed by atoms with Crippen molar-refractivity contribution in [3.8, 4) is 33.9 Å². The van der Waals surface area contributed by atoms with Crippen LogP contribution < -0.4 is 5.32 Å². The number of hydrogen-bond donors (Lipinski definition) is 3. The van der Waals surface area contributed by atoms with E-state index in [0.717, 1.165) is 64.6 Å². The van der Waals surface area contributed by atoms with Gasteiger partial charge in [0.2, 0.25) is 5.91 Å². The van der Waals surface area contributed by atoms with Gasteiger partial charge in [0.25, 0.3) is 0 Å². The van der Waals surface area contributed by atoms with Crippen molar-refractivity contribution in [2.75, 3.05) is 5.32 Å². The SMILES string of the molecule is O=C(Nc1cncc(-c2ccc3[nH]nc(-c4nc5c(-c6cccnc6)cccc5[nH]4)c3n2)c1)C1CCCC1. The molecule has 1 aliphatic rings. The Bertz CT molecular complexity index is 1780. The van der Waals surface area contributed by atoms with Gasteiger partial charge in [0.1, 0.15) is 5.52 Å². The maximum absolute atomic E-state index is 12.6. The van der Waals surface area contributed by atoms with Crippen LogP contribution in [-0.4, -0.2) is 41.0 Å². The fourth-order valence-corrected chi connectivity index (χ4v) is 5.20. The summed E-state index contributed by atoms with van der Waals surface area (Å²) in [4.78, 5) is 34.4. The van der Waals surface area contributed by atoms with Crippen LogP contribution in [0.5, 0.6) is 0 Å². The van der Waals surface area contributed by atoms with Crippen molar-refractivity contribution in [1.29, 1.82) is 0 Å². The summed E-state index contributed by atoms with van der Waals surface area (Å²) in [6.45, 7) is 0.